The van der Waals surface area contributed by atoms with Gasteiger partial charge in [0, 0.05) is 6.42 Å². The molecule has 12 atom stereocenters. The van der Waals surface area contributed by atoms with Gasteiger partial charge in [0.05, 0.1) is 32.0 Å². The highest BCUT2D eigenvalue weighted by atomic mass is 16.7. The average Bonchev–Trinajstić information content (AvgIpc) is 0.794. The molecule has 0 aromatic heterocycles. The van der Waals surface area contributed by atoms with Gasteiger partial charge in [-0.2, -0.15) is 0 Å². The predicted octanol–water partition coefficient (Wildman–Crippen LogP) is 17.8. The van der Waals surface area contributed by atoms with Crippen molar-refractivity contribution < 1.29 is 64.6 Å². The van der Waals surface area contributed by atoms with Gasteiger partial charge in [-0.25, -0.2) is 0 Å². The third-order valence-corrected chi connectivity index (χ3v) is 19.5. The Bertz CT molecular complexity index is 1760. The van der Waals surface area contributed by atoms with Crippen LogP contribution in [0.4, 0.5) is 0 Å². The lowest BCUT2D eigenvalue weighted by molar-refractivity contribution is -0.359. The van der Waals surface area contributed by atoms with E-state index in [9.17, 15) is 45.6 Å². The van der Waals surface area contributed by atoms with E-state index in [0.717, 1.165) is 44.9 Å². The van der Waals surface area contributed by atoms with Crippen LogP contribution in [-0.4, -0.2) is 140 Å². The van der Waals surface area contributed by atoms with Gasteiger partial charge in [0.2, 0.25) is 5.91 Å². The largest absolute Gasteiger partial charge is 0.394 e. The second kappa shape index (κ2) is 64.3. The zero-order chi connectivity index (χ0) is 68.0. The minimum Gasteiger partial charge on any atom is -0.394 e. The maximum atomic E-state index is 13.4. The summed E-state index contributed by atoms with van der Waals surface area (Å²) in [6.45, 7) is 2.83. The second-order valence-electron chi connectivity index (χ2n) is 28.2. The molecule has 2 aliphatic heterocycles. The lowest BCUT2D eigenvalue weighted by Crippen LogP contribution is -2.65. The first-order valence-corrected chi connectivity index (χ1v) is 39.9. The molecule has 0 aromatic carbocycles. The average molecular weight is 1330 g/mol. The van der Waals surface area contributed by atoms with Crippen LogP contribution in [0, 0.1) is 0 Å². The number of allylic oxidation sites excluding steroid dienone is 7. The van der Waals surface area contributed by atoms with Crippen LogP contribution in [0.5, 0.6) is 0 Å². The summed E-state index contributed by atoms with van der Waals surface area (Å²) < 4.78 is 22.9. The first-order chi connectivity index (χ1) is 46.1. The lowest BCUT2D eigenvalue weighted by atomic mass is 9.97. The molecule has 94 heavy (non-hydrogen) atoms. The van der Waals surface area contributed by atoms with Crippen molar-refractivity contribution >= 4 is 5.91 Å². The van der Waals surface area contributed by atoms with Gasteiger partial charge in [-0.3, -0.25) is 4.79 Å². The summed E-state index contributed by atoms with van der Waals surface area (Å²) in [6.07, 6.45) is 69.1. The van der Waals surface area contributed by atoms with Crippen LogP contribution < -0.4 is 5.32 Å². The standard InChI is InChI=1S/C80H149NO13/c1-3-5-7-9-11-13-15-17-19-21-23-25-27-29-31-33-34-36-38-40-42-44-46-48-50-52-54-56-58-60-62-64-72(85)81-68(67-91-79-77(90)75(88)78(71(66-83)93-79)94-80-76(89)74(87)73(86)70(65-82)92-80)69(84)63-61-59-57-55-53-51-49-47-45-43-41-39-37-35-32-30-28-26-24-22-20-18-16-14-12-10-8-6-4-2/h21,23,45,47,53,55,61,63,68-71,73-80,82-84,86-90H,3-20,22,24-44,46,48-52,54,56-60,62,64-67H2,1-2H3,(H,81,85)/b23-21-,47-45+,55-53+,63-61+. The fourth-order valence-electron chi connectivity index (χ4n) is 13.1. The van der Waals surface area contributed by atoms with Crippen molar-refractivity contribution in [1.82, 2.24) is 5.32 Å². The first-order valence-electron chi connectivity index (χ1n) is 39.9. The summed E-state index contributed by atoms with van der Waals surface area (Å²) in [5.74, 6) is -0.247. The molecule has 2 aliphatic rings. The molecule has 9 N–H and O–H groups in total. The molecule has 14 heteroatoms. The van der Waals surface area contributed by atoms with Gasteiger partial charge < -0.3 is 65.1 Å². The Labute approximate surface area is 575 Å². The molecule has 2 fully saturated rings. The molecular weight excluding hydrogens is 1180 g/mol. The molecule has 0 saturated carbocycles. The summed E-state index contributed by atoms with van der Waals surface area (Å²) in [7, 11) is 0. The monoisotopic (exact) mass is 1330 g/mol. The van der Waals surface area contributed by atoms with Crippen molar-refractivity contribution in [3.05, 3.63) is 48.6 Å². The van der Waals surface area contributed by atoms with Crippen molar-refractivity contribution in [3.63, 3.8) is 0 Å². The van der Waals surface area contributed by atoms with Gasteiger partial charge in [0.15, 0.2) is 12.6 Å². The Morgan fingerprint density at radius 1 is 0.372 bits per heavy atom. The van der Waals surface area contributed by atoms with Crippen molar-refractivity contribution in [2.24, 2.45) is 0 Å². The Kier molecular flexibility index (Phi) is 60.3. The number of hydrogen-bond acceptors (Lipinski definition) is 13. The third kappa shape index (κ3) is 47.1. The van der Waals surface area contributed by atoms with E-state index >= 15 is 0 Å². The third-order valence-electron chi connectivity index (χ3n) is 19.5. The minimum atomic E-state index is -1.79. The Balaban J connectivity index is 1.64. The summed E-state index contributed by atoms with van der Waals surface area (Å²) in [6, 6.07) is -0.940. The molecule has 2 heterocycles. The molecule has 1 amide bonds. The molecule has 12 unspecified atom stereocenters. The fourth-order valence-corrected chi connectivity index (χ4v) is 13.1. The van der Waals surface area contributed by atoms with Crippen LogP contribution in [0.2, 0.25) is 0 Å². The molecule has 0 bridgehead atoms. The molecule has 0 aliphatic carbocycles. The van der Waals surface area contributed by atoms with E-state index < -0.39 is 86.8 Å². The van der Waals surface area contributed by atoms with Crippen LogP contribution in [0.1, 0.15) is 361 Å². The van der Waals surface area contributed by atoms with Crippen molar-refractivity contribution in [2.75, 3.05) is 19.8 Å². The Morgan fingerprint density at radius 3 is 1.04 bits per heavy atom. The van der Waals surface area contributed by atoms with Crippen LogP contribution in [0.25, 0.3) is 0 Å². The molecule has 0 aromatic rings. The smallest absolute Gasteiger partial charge is 0.220 e. The number of nitrogens with one attached hydrogen (secondary N) is 1. The number of hydrogen-bond donors (Lipinski definition) is 9. The summed E-state index contributed by atoms with van der Waals surface area (Å²) in [5.41, 5.74) is 0. The van der Waals surface area contributed by atoms with E-state index in [-0.39, 0.29) is 18.9 Å². The predicted molar refractivity (Wildman–Crippen MR) is 388 cm³/mol. The summed E-state index contributed by atoms with van der Waals surface area (Å²) in [4.78, 5) is 13.4. The first kappa shape index (κ1) is 88.0. The van der Waals surface area contributed by atoms with Gasteiger partial charge in [0.1, 0.15) is 48.8 Å². The number of carbonyl (C=O) groups excluding carboxylic acids is 1. The highest BCUT2D eigenvalue weighted by Gasteiger charge is 2.51. The van der Waals surface area contributed by atoms with Crippen molar-refractivity contribution in [1.29, 1.82) is 0 Å². The zero-order valence-electron chi connectivity index (χ0n) is 60.5. The van der Waals surface area contributed by atoms with Crippen molar-refractivity contribution in [2.45, 2.75) is 434 Å². The SMILES string of the molecule is CCCCCCCCCC/C=C\CCCCCCCCCCCCCCCCCCCCCC(=O)NC(COC1OC(CO)C(OC2OC(CO)C(O)C(O)C2O)C(O)C1O)C(O)/C=C/CC/C=C/CC/C=C/CCCCCCCCCCCCCCCCCCCCC. The molecule has 552 valence electrons. The van der Waals surface area contributed by atoms with Crippen LogP contribution in [-0.2, 0) is 23.7 Å². The number of ether oxygens (including phenoxy) is 4. The van der Waals surface area contributed by atoms with Gasteiger partial charge in [-0.1, -0.05) is 332 Å². The molecule has 14 nitrogen and oxygen atoms in total. The highest BCUT2D eigenvalue weighted by Crippen LogP contribution is 2.30. The molecule has 2 rings (SSSR count). The number of aliphatic hydroxyl groups excluding tert-OH is 8. The van der Waals surface area contributed by atoms with Gasteiger partial charge in [-0.15, -0.1) is 0 Å². The quantitative estimate of drug-likeness (QED) is 0.0204. The van der Waals surface area contributed by atoms with Crippen LogP contribution in [0.3, 0.4) is 0 Å². The second-order valence-corrected chi connectivity index (χ2v) is 28.2. The fraction of sp³-hybridized carbons (Fsp3) is 0.887. The molecule has 0 spiro atoms. The summed E-state index contributed by atoms with van der Waals surface area (Å²) >= 11 is 0. The van der Waals surface area contributed by atoms with Gasteiger partial charge >= 0.3 is 0 Å². The highest BCUT2D eigenvalue weighted by molar-refractivity contribution is 5.76. The van der Waals surface area contributed by atoms with Gasteiger partial charge in [-0.05, 0) is 70.6 Å². The number of amides is 1. The lowest BCUT2D eigenvalue weighted by Gasteiger charge is -2.46. The number of carbonyl (C=O) groups is 1. The van der Waals surface area contributed by atoms with E-state index in [4.69, 9.17) is 18.9 Å². The van der Waals surface area contributed by atoms with E-state index in [2.05, 4.69) is 55.6 Å². The normalized spacial score (nSPS) is 22.7. The molecule has 2 saturated heterocycles. The van der Waals surface area contributed by atoms with E-state index in [1.165, 1.54) is 283 Å². The molecular formula is C80H149NO13. The number of aliphatic hydroxyl groups is 8. The number of unbranched alkanes of at least 4 members (excludes halogenated alkanes) is 48. The van der Waals surface area contributed by atoms with E-state index in [1.807, 2.05) is 6.08 Å². The Hall–Kier alpha value is -2.05. The Morgan fingerprint density at radius 2 is 0.681 bits per heavy atom. The summed E-state index contributed by atoms with van der Waals surface area (Å²) in [5, 5.41) is 87.6. The van der Waals surface area contributed by atoms with E-state index in [0.29, 0.717) is 12.8 Å². The minimum absolute atomic E-state index is 0.247. The van der Waals surface area contributed by atoms with Crippen molar-refractivity contribution in [3.8, 4) is 0 Å². The maximum absolute atomic E-state index is 13.4. The number of rotatable bonds is 67. The maximum Gasteiger partial charge on any atom is 0.220 e. The molecule has 0 radical (unpaired) electrons. The van der Waals surface area contributed by atoms with Crippen LogP contribution in [0.15, 0.2) is 48.6 Å². The van der Waals surface area contributed by atoms with Crippen LogP contribution >= 0.6 is 0 Å². The zero-order valence-corrected chi connectivity index (χ0v) is 60.5. The van der Waals surface area contributed by atoms with E-state index in [1.54, 1.807) is 6.08 Å². The topological polar surface area (TPSA) is 228 Å². The van der Waals surface area contributed by atoms with Gasteiger partial charge in [0.25, 0.3) is 0 Å².